The molecule has 26 heavy (non-hydrogen) atoms. The molecule has 1 unspecified atom stereocenters. The minimum absolute atomic E-state index is 0.0427. The second kappa shape index (κ2) is 8.96. The number of carbonyl (C=O) groups is 1. The highest BCUT2D eigenvalue weighted by Gasteiger charge is 2.29. The fourth-order valence-electron chi connectivity index (χ4n) is 4.11. The summed E-state index contributed by atoms with van der Waals surface area (Å²) in [6, 6.07) is 5.12. The van der Waals surface area contributed by atoms with Crippen molar-refractivity contribution in [2.24, 2.45) is 5.92 Å². The molecule has 1 atom stereocenters. The molecule has 2 aliphatic rings. The third-order valence-corrected chi connectivity index (χ3v) is 5.41. The number of piperidine rings is 1. The monoisotopic (exact) mass is 362 g/mol. The van der Waals surface area contributed by atoms with Crippen molar-refractivity contribution >= 4 is 11.6 Å². The SMILES string of the molecule is CCCOC1CCN(CC(C)CN2C(=O)CCc3cccc(F)c32)CC1. The molecule has 0 bridgehead atoms. The smallest absolute Gasteiger partial charge is 0.227 e. The van der Waals surface area contributed by atoms with Crippen LogP contribution in [0, 0.1) is 11.7 Å². The summed E-state index contributed by atoms with van der Waals surface area (Å²) >= 11 is 0. The van der Waals surface area contributed by atoms with Crippen molar-refractivity contribution in [3.05, 3.63) is 29.6 Å². The highest BCUT2D eigenvalue weighted by molar-refractivity contribution is 5.96. The van der Waals surface area contributed by atoms with Crippen molar-refractivity contribution in [1.82, 2.24) is 4.90 Å². The van der Waals surface area contributed by atoms with Gasteiger partial charge in [0, 0.05) is 39.2 Å². The molecule has 1 amide bonds. The van der Waals surface area contributed by atoms with Gasteiger partial charge >= 0.3 is 0 Å². The van der Waals surface area contributed by atoms with E-state index in [1.165, 1.54) is 6.07 Å². The third-order valence-electron chi connectivity index (χ3n) is 5.41. The van der Waals surface area contributed by atoms with Gasteiger partial charge in [-0.05, 0) is 43.2 Å². The van der Waals surface area contributed by atoms with Gasteiger partial charge in [0.05, 0.1) is 11.8 Å². The fraction of sp³-hybridized carbons (Fsp3) is 0.667. The summed E-state index contributed by atoms with van der Waals surface area (Å²) in [5, 5.41) is 0. The molecule has 0 radical (unpaired) electrons. The Morgan fingerprint density at radius 2 is 2.00 bits per heavy atom. The van der Waals surface area contributed by atoms with Crippen LogP contribution < -0.4 is 4.90 Å². The van der Waals surface area contributed by atoms with E-state index in [-0.39, 0.29) is 11.7 Å². The van der Waals surface area contributed by atoms with Gasteiger partial charge in [0.1, 0.15) is 5.82 Å². The van der Waals surface area contributed by atoms with Crippen LogP contribution in [-0.2, 0) is 16.0 Å². The zero-order valence-electron chi connectivity index (χ0n) is 16.0. The number of fused-ring (bicyclic) bond motifs is 1. The Bertz CT molecular complexity index is 614. The number of halogens is 1. The number of hydrogen-bond donors (Lipinski definition) is 0. The molecule has 1 aromatic rings. The largest absolute Gasteiger partial charge is 0.378 e. The van der Waals surface area contributed by atoms with Crippen LogP contribution in [0.4, 0.5) is 10.1 Å². The van der Waals surface area contributed by atoms with Crippen molar-refractivity contribution in [2.75, 3.05) is 37.7 Å². The molecule has 2 heterocycles. The van der Waals surface area contributed by atoms with Crippen LogP contribution in [0.3, 0.4) is 0 Å². The van der Waals surface area contributed by atoms with Crippen molar-refractivity contribution in [2.45, 2.75) is 52.1 Å². The summed E-state index contributed by atoms with van der Waals surface area (Å²) < 4.78 is 20.2. The Labute approximate surface area is 156 Å². The maximum atomic E-state index is 14.3. The maximum Gasteiger partial charge on any atom is 0.227 e. The number of amides is 1. The average molecular weight is 362 g/mol. The first-order valence-corrected chi connectivity index (χ1v) is 10.00. The summed E-state index contributed by atoms with van der Waals surface area (Å²) in [5.74, 6) is 0.0652. The van der Waals surface area contributed by atoms with Crippen LogP contribution in [0.25, 0.3) is 0 Å². The zero-order valence-corrected chi connectivity index (χ0v) is 16.0. The summed E-state index contributed by atoms with van der Waals surface area (Å²) in [4.78, 5) is 16.5. The van der Waals surface area contributed by atoms with E-state index in [1.807, 2.05) is 6.07 Å². The molecule has 2 aliphatic heterocycles. The molecular weight excluding hydrogens is 331 g/mol. The van der Waals surface area contributed by atoms with Gasteiger partial charge in [0.25, 0.3) is 0 Å². The number of benzene rings is 1. The van der Waals surface area contributed by atoms with Crippen molar-refractivity contribution in [3.63, 3.8) is 0 Å². The van der Waals surface area contributed by atoms with E-state index in [0.29, 0.717) is 37.1 Å². The molecule has 0 aliphatic carbocycles. The van der Waals surface area contributed by atoms with E-state index in [9.17, 15) is 9.18 Å². The van der Waals surface area contributed by atoms with Crippen molar-refractivity contribution in [3.8, 4) is 0 Å². The van der Waals surface area contributed by atoms with Crippen LogP contribution in [0.2, 0.25) is 0 Å². The van der Waals surface area contributed by atoms with Crippen LogP contribution >= 0.6 is 0 Å². The van der Waals surface area contributed by atoms with Crippen LogP contribution in [0.1, 0.15) is 45.1 Å². The maximum absolute atomic E-state index is 14.3. The van der Waals surface area contributed by atoms with Gasteiger partial charge in [0.2, 0.25) is 5.91 Å². The fourth-order valence-corrected chi connectivity index (χ4v) is 4.11. The number of rotatable bonds is 7. The normalized spacial score (nSPS) is 20.3. The number of para-hydroxylation sites is 1. The first-order valence-electron chi connectivity index (χ1n) is 10.00. The number of carbonyl (C=O) groups excluding carboxylic acids is 1. The quantitative estimate of drug-likeness (QED) is 0.742. The van der Waals surface area contributed by atoms with E-state index >= 15 is 0 Å². The van der Waals surface area contributed by atoms with E-state index in [2.05, 4.69) is 18.7 Å². The lowest BCUT2D eigenvalue weighted by Crippen LogP contribution is -2.44. The minimum atomic E-state index is -0.281. The number of likely N-dealkylation sites (tertiary alicyclic amines) is 1. The molecule has 0 spiro atoms. The van der Waals surface area contributed by atoms with E-state index in [0.717, 1.165) is 51.1 Å². The first kappa shape index (κ1) is 19.3. The van der Waals surface area contributed by atoms with Gasteiger partial charge in [-0.2, -0.15) is 0 Å². The molecule has 3 rings (SSSR count). The minimum Gasteiger partial charge on any atom is -0.378 e. The lowest BCUT2D eigenvalue weighted by Gasteiger charge is -2.36. The number of nitrogens with zero attached hydrogens (tertiary/aromatic N) is 2. The molecular formula is C21H31FN2O2. The lowest BCUT2D eigenvalue weighted by molar-refractivity contribution is -0.119. The van der Waals surface area contributed by atoms with E-state index < -0.39 is 0 Å². The number of ether oxygens (including phenoxy) is 1. The standard InChI is InChI=1S/C21H31FN2O2/c1-3-13-26-18-9-11-23(12-10-18)14-16(2)15-24-20(25)8-7-17-5-4-6-19(22)21(17)24/h4-6,16,18H,3,7-15H2,1-2H3. The molecule has 0 N–H and O–H groups in total. The third kappa shape index (κ3) is 4.63. The Kier molecular flexibility index (Phi) is 6.65. The van der Waals surface area contributed by atoms with Gasteiger partial charge in [-0.15, -0.1) is 0 Å². The van der Waals surface area contributed by atoms with E-state index in [1.54, 1.807) is 11.0 Å². The van der Waals surface area contributed by atoms with E-state index in [4.69, 9.17) is 4.74 Å². The molecule has 5 heteroatoms. The van der Waals surface area contributed by atoms with Crippen LogP contribution in [0.5, 0.6) is 0 Å². The molecule has 144 valence electrons. The molecule has 0 saturated carbocycles. The molecule has 4 nitrogen and oxygen atoms in total. The Morgan fingerprint density at radius 1 is 1.23 bits per heavy atom. The van der Waals surface area contributed by atoms with Crippen LogP contribution in [0.15, 0.2) is 18.2 Å². The molecule has 0 aromatic heterocycles. The average Bonchev–Trinajstić information content (AvgIpc) is 2.63. The Morgan fingerprint density at radius 3 is 2.73 bits per heavy atom. The summed E-state index contributed by atoms with van der Waals surface area (Å²) in [5.41, 5.74) is 1.45. The Balaban J connectivity index is 1.54. The highest BCUT2D eigenvalue weighted by atomic mass is 19.1. The second-order valence-corrected chi connectivity index (χ2v) is 7.73. The lowest BCUT2D eigenvalue weighted by atomic mass is 9.98. The summed E-state index contributed by atoms with van der Waals surface area (Å²) in [6.45, 7) is 8.74. The first-order chi connectivity index (χ1) is 12.6. The van der Waals surface area contributed by atoms with Gasteiger partial charge in [-0.3, -0.25) is 4.79 Å². The summed E-state index contributed by atoms with van der Waals surface area (Å²) in [7, 11) is 0. The molecule has 1 fully saturated rings. The van der Waals surface area contributed by atoms with Crippen molar-refractivity contribution < 1.29 is 13.9 Å². The Hall–Kier alpha value is -1.46. The van der Waals surface area contributed by atoms with Crippen molar-refractivity contribution in [1.29, 1.82) is 0 Å². The highest BCUT2D eigenvalue weighted by Crippen LogP contribution is 2.31. The van der Waals surface area contributed by atoms with Gasteiger partial charge in [0.15, 0.2) is 0 Å². The number of anilines is 1. The van der Waals surface area contributed by atoms with Gasteiger partial charge in [-0.25, -0.2) is 4.39 Å². The zero-order chi connectivity index (χ0) is 18.5. The summed E-state index contributed by atoms with van der Waals surface area (Å²) in [6.07, 6.45) is 4.73. The predicted octanol–water partition coefficient (Wildman–Crippen LogP) is 3.63. The predicted molar refractivity (Wildman–Crippen MR) is 102 cm³/mol. The number of hydrogen-bond acceptors (Lipinski definition) is 3. The second-order valence-electron chi connectivity index (χ2n) is 7.73. The number of aryl methyl sites for hydroxylation is 1. The molecule has 1 aromatic carbocycles. The van der Waals surface area contributed by atoms with Gasteiger partial charge in [-0.1, -0.05) is 26.0 Å². The topological polar surface area (TPSA) is 32.8 Å². The molecule has 1 saturated heterocycles. The van der Waals surface area contributed by atoms with Gasteiger partial charge < -0.3 is 14.5 Å². The van der Waals surface area contributed by atoms with Crippen LogP contribution in [-0.4, -0.2) is 49.7 Å².